The quantitative estimate of drug-likeness (QED) is 0.632. The maximum Gasteiger partial charge on any atom is 0.331 e. The van der Waals surface area contributed by atoms with E-state index in [9.17, 15) is 18.8 Å². The maximum atomic E-state index is 13.3. The average Bonchev–Trinajstić information content (AvgIpc) is 2.44. The second kappa shape index (κ2) is 8.47. The smallest absolute Gasteiger partial charge is 0.331 e. The Hall–Kier alpha value is -2.70. The predicted octanol–water partition coefficient (Wildman–Crippen LogP) is 1.23. The van der Waals surface area contributed by atoms with Crippen LogP contribution in [0.1, 0.15) is 12.5 Å². The molecule has 0 unspecified atom stereocenters. The largest absolute Gasteiger partial charge is 0.452 e. The highest BCUT2D eigenvalue weighted by molar-refractivity contribution is 5.96. The van der Waals surface area contributed by atoms with Gasteiger partial charge in [-0.25, -0.2) is 14.0 Å². The molecule has 3 amide bonds. The van der Waals surface area contributed by atoms with E-state index in [1.807, 2.05) is 5.32 Å². The molecule has 0 aliphatic heterocycles. The van der Waals surface area contributed by atoms with Gasteiger partial charge in [-0.2, -0.15) is 0 Å². The zero-order valence-corrected chi connectivity index (χ0v) is 11.4. The number of carbonyl (C=O) groups is 3. The van der Waals surface area contributed by atoms with Gasteiger partial charge in [-0.1, -0.05) is 18.2 Å². The van der Waals surface area contributed by atoms with Crippen LogP contribution in [0.4, 0.5) is 9.18 Å². The molecular formula is C14H15FN2O4. The van der Waals surface area contributed by atoms with Crippen molar-refractivity contribution in [3.8, 4) is 0 Å². The summed E-state index contributed by atoms with van der Waals surface area (Å²) >= 11 is 0. The number of amides is 3. The van der Waals surface area contributed by atoms with Gasteiger partial charge in [0.15, 0.2) is 6.61 Å². The molecular weight excluding hydrogens is 279 g/mol. The highest BCUT2D eigenvalue weighted by atomic mass is 19.1. The van der Waals surface area contributed by atoms with Crippen molar-refractivity contribution >= 4 is 24.0 Å². The van der Waals surface area contributed by atoms with Gasteiger partial charge >= 0.3 is 12.0 Å². The lowest BCUT2D eigenvalue weighted by Gasteiger charge is -2.04. The Morgan fingerprint density at radius 2 is 2.00 bits per heavy atom. The molecule has 1 aromatic rings. The highest BCUT2D eigenvalue weighted by Crippen LogP contribution is 2.07. The van der Waals surface area contributed by atoms with Gasteiger partial charge in [0.25, 0.3) is 5.91 Å². The Morgan fingerprint density at radius 3 is 2.67 bits per heavy atom. The summed E-state index contributed by atoms with van der Waals surface area (Å²) in [5.74, 6) is -2.05. The zero-order valence-electron chi connectivity index (χ0n) is 11.4. The minimum atomic E-state index is -0.815. The molecule has 6 nitrogen and oxygen atoms in total. The number of benzene rings is 1. The average molecular weight is 294 g/mol. The van der Waals surface area contributed by atoms with E-state index in [1.165, 1.54) is 24.3 Å². The molecule has 0 spiro atoms. The van der Waals surface area contributed by atoms with Gasteiger partial charge < -0.3 is 10.1 Å². The zero-order chi connectivity index (χ0) is 15.7. The molecule has 0 bridgehead atoms. The van der Waals surface area contributed by atoms with Crippen molar-refractivity contribution in [3.05, 3.63) is 41.7 Å². The summed E-state index contributed by atoms with van der Waals surface area (Å²) in [6.07, 6.45) is 2.23. The Morgan fingerprint density at radius 1 is 1.29 bits per heavy atom. The molecule has 2 N–H and O–H groups in total. The third-order valence-corrected chi connectivity index (χ3v) is 2.24. The standard InChI is InChI=1S/C14H15FN2O4/c1-2-16-14(20)17-12(18)9-21-13(19)8-7-10-5-3-4-6-11(10)15/h3-8H,2,9H2,1H3,(H2,16,17,18,20)/b8-7+. The Balaban J connectivity index is 2.39. The fraction of sp³-hybridized carbons (Fsp3) is 0.214. The Bertz CT molecular complexity index is 558. The van der Waals surface area contributed by atoms with Crippen molar-refractivity contribution in [2.45, 2.75) is 6.92 Å². The third-order valence-electron chi connectivity index (χ3n) is 2.24. The van der Waals surface area contributed by atoms with E-state index in [1.54, 1.807) is 13.0 Å². The van der Waals surface area contributed by atoms with Crippen LogP contribution in [-0.4, -0.2) is 31.1 Å². The fourth-order valence-corrected chi connectivity index (χ4v) is 1.32. The molecule has 0 aromatic heterocycles. The summed E-state index contributed by atoms with van der Waals surface area (Å²) in [6.45, 7) is 1.46. The van der Waals surface area contributed by atoms with Gasteiger partial charge in [0, 0.05) is 18.2 Å². The molecule has 0 saturated heterocycles. The summed E-state index contributed by atoms with van der Waals surface area (Å²) in [4.78, 5) is 33.6. The topological polar surface area (TPSA) is 84.5 Å². The molecule has 1 aromatic carbocycles. The minimum Gasteiger partial charge on any atom is -0.452 e. The predicted molar refractivity (Wildman–Crippen MR) is 73.6 cm³/mol. The summed E-state index contributed by atoms with van der Waals surface area (Å²) in [6, 6.07) is 5.22. The minimum absolute atomic E-state index is 0.223. The number of ether oxygens (including phenoxy) is 1. The second-order valence-electron chi connectivity index (χ2n) is 3.87. The van der Waals surface area contributed by atoms with Crippen molar-refractivity contribution < 1.29 is 23.5 Å². The first-order valence-corrected chi connectivity index (χ1v) is 6.20. The lowest BCUT2D eigenvalue weighted by molar-refractivity contribution is -0.143. The molecule has 112 valence electrons. The molecule has 0 saturated carbocycles. The van der Waals surface area contributed by atoms with Crippen LogP contribution in [-0.2, 0) is 14.3 Å². The first kappa shape index (κ1) is 16.4. The van der Waals surface area contributed by atoms with E-state index in [-0.39, 0.29) is 5.56 Å². The van der Waals surface area contributed by atoms with Crippen molar-refractivity contribution in [2.24, 2.45) is 0 Å². The van der Waals surface area contributed by atoms with Crippen LogP contribution in [0.3, 0.4) is 0 Å². The lowest BCUT2D eigenvalue weighted by Crippen LogP contribution is -2.41. The van der Waals surface area contributed by atoms with E-state index in [0.29, 0.717) is 6.54 Å². The maximum absolute atomic E-state index is 13.3. The van der Waals surface area contributed by atoms with Gasteiger partial charge in [0.1, 0.15) is 5.82 Å². The number of rotatable bonds is 5. The van der Waals surface area contributed by atoms with E-state index < -0.39 is 30.3 Å². The lowest BCUT2D eigenvalue weighted by atomic mass is 10.2. The van der Waals surface area contributed by atoms with Crippen LogP contribution >= 0.6 is 0 Å². The number of esters is 1. The van der Waals surface area contributed by atoms with E-state index in [0.717, 1.165) is 6.08 Å². The highest BCUT2D eigenvalue weighted by Gasteiger charge is 2.08. The van der Waals surface area contributed by atoms with Crippen molar-refractivity contribution in [1.82, 2.24) is 10.6 Å². The molecule has 0 aliphatic carbocycles. The normalized spacial score (nSPS) is 10.2. The SMILES string of the molecule is CCNC(=O)NC(=O)COC(=O)/C=C/c1ccccc1F. The molecule has 0 atom stereocenters. The van der Waals surface area contributed by atoms with Gasteiger partial charge in [0.2, 0.25) is 0 Å². The molecule has 0 radical (unpaired) electrons. The third kappa shape index (κ3) is 6.33. The molecule has 1 rings (SSSR count). The number of carbonyl (C=O) groups excluding carboxylic acids is 3. The Kier molecular flexibility index (Phi) is 6.59. The van der Waals surface area contributed by atoms with E-state index in [4.69, 9.17) is 0 Å². The molecule has 0 fully saturated rings. The number of imide groups is 1. The van der Waals surface area contributed by atoms with Crippen molar-refractivity contribution in [2.75, 3.05) is 13.2 Å². The number of halogens is 1. The van der Waals surface area contributed by atoms with Crippen LogP contribution < -0.4 is 10.6 Å². The van der Waals surface area contributed by atoms with Crippen LogP contribution in [0.15, 0.2) is 30.3 Å². The van der Waals surface area contributed by atoms with Gasteiger partial charge in [0.05, 0.1) is 0 Å². The first-order valence-electron chi connectivity index (χ1n) is 6.20. The van der Waals surface area contributed by atoms with Gasteiger partial charge in [-0.3, -0.25) is 10.1 Å². The Labute approximate surface area is 121 Å². The van der Waals surface area contributed by atoms with E-state index in [2.05, 4.69) is 10.1 Å². The summed E-state index contributed by atoms with van der Waals surface area (Å²) < 4.78 is 17.9. The van der Waals surface area contributed by atoms with Crippen LogP contribution in [0, 0.1) is 5.82 Å². The number of urea groups is 1. The fourth-order valence-electron chi connectivity index (χ4n) is 1.32. The summed E-state index contributed by atoms with van der Waals surface area (Å²) in [7, 11) is 0. The van der Waals surface area contributed by atoms with E-state index >= 15 is 0 Å². The number of hydrogen-bond donors (Lipinski definition) is 2. The van der Waals surface area contributed by atoms with Gasteiger partial charge in [-0.05, 0) is 19.1 Å². The molecule has 7 heteroatoms. The summed E-state index contributed by atoms with van der Waals surface area (Å²) in [5, 5.41) is 4.32. The molecule has 0 aliphatic rings. The van der Waals surface area contributed by atoms with Crippen LogP contribution in [0.2, 0.25) is 0 Å². The number of hydrogen-bond acceptors (Lipinski definition) is 4. The van der Waals surface area contributed by atoms with Crippen molar-refractivity contribution in [3.63, 3.8) is 0 Å². The van der Waals surface area contributed by atoms with Crippen LogP contribution in [0.25, 0.3) is 6.08 Å². The van der Waals surface area contributed by atoms with Crippen LogP contribution in [0.5, 0.6) is 0 Å². The van der Waals surface area contributed by atoms with Gasteiger partial charge in [-0.15, -0.1) is 0 Å². The number of nitrogens with one attached hydrogen (secondary N) is 2. The summed E-state index contributed by atoms with van der Waals surface area (Å²) in [5.41, 5.74) is 0.223. The second-order valence-corrected chi connectivity index (χ2v) is 3.87. The molecule has 21 heavy (non-hydrogen) atoms. The van der Waals surface area contributed by atoms with Crippen molar-refractivity contribution in [1.29, 1.82) is 0 Å². The monoisotopic (exact) mass is 294 g/mol. The molecule has 0 heterocycles. The first-order chi connectivity index (χ1) is 10.0.